The number of aromatic nitrogens is 1. The van der Waals surface area contributed by atoms with Gasteiger partial charge in [0.25, 0.3) is 5.91 Å². The Morgan fingerprint density at radius 2 is 2.05 bits per heavy atom. The molecule has 0 radical (unpaired) electrons. The first kappa shape index (κ1) is 15.6. The number of carbonyl (C=O) groups is 2. The molecule has 116 valence electrons. The van der Waals surface area contributed by atoms with Crippen LogP contribution in [0.4, 0.5) is 5.69 Å². The van der Waals surface area contributed by atoms with Gasteiger partial charge in [0.2, 0.25) is 5.76 Å². The highest BCUT2D eigenvalue weighted by atomic mass is 16.5. The Hall–Kier alpha value is -2.83. The van der Waals surface area contributed by atoms with Crippen LogP contribution in [-0.4, -0.2) is 30.7 Å². The third-order valence-corrected chi connectivity index (χ3v) is 3.01. The minimum atomic E-state index is -0.376. The van der Waals surface area contributed by atoms with Gasteiger partial charge >= 0.3 is 5.97 Å². The summed E-state index contributed by atoms with van der Waals surface area (Å²) in [5.74, 6) is -0.566. The fourth-order valence-electron chi connectivity index (χ4n) is 1.80. The number of nitrogens with zero attached hydrogens (tertiary/aromatic N) is 1. The van der Waals surface area contributed by atoms with Crippen molar-refractivity contribution < 1.29 is 18.8 Å². The highest BCUT2D eigenvalue weighted by molar-refractivity contribution is 5.92. The average Bonchev–Trinajstić information content (AvgIpc) is 3.01. The molecule has 0 atom stereocenters. The molecule has 0 saturated heterocycles. The molecule has 0 aliphatic carbocycles. The zero-order chi connectivity index (χ0) is 15.9. The molecule has 1 heterocycles. The third kappa shape index (κ3) is 4.08. The van der Waals surface area contributed by atoms with Gasteiger partial charge in [0.1, 0.15) is 5.69 Å². The predicted octanol–water partition coefficient (Wildman–Crippen LogP) is 1.61. The number of ether oxygens (including phenoxy) is 1. The maximum atomic E-state index is 11.9. The molecule has 3 N–H and O–H groups in total. The Labute approximate surface area is 127 Å². The zero-order valence-corrected chi connectivity index (χ0v) is 12.2. The highest BCUT2D eigenvalue weighted by Gasteiger charge is 2.13. The maximum absolute atomic E-state index is 11.9. The second-order valence-corrected chi connectivity index (χ2v) is 4.63. The van der Waals surface area contributed by atoms with E-state index < -0.39 is 0 Å². The highest BCUT2D eigenvalue weighted by Crippen LogP contribution is 2.20. The number of benzene rings is 1. The van der Waals surface area contributed by atoms with E-state index >= 15 is 0 Å². The Balaban J connectivity index is 1.89. The largest absolute Gasteiger partial charge is 0.469 e. The Morgan fingerprint density at radius 3 is 2.73 bits per heavy atom. The number of amides is 1. The molecule has 0 fully saturated rings. The molecule has 1 aromatic heterocycles. The van der Waals surface area contributed by atoms with Gasteiger partial charge < -0.3 is 20.3 Å². The van der Waals surface area contributed by atoms with Gasteiger partial charge in [0.05, 0.1) is 7.11 Å². The second kappa shape index (κ2) is 7.26. The lowest BCUT2D eigenvalue weighted by Crippen LogP contribution is -2.24. The van der Waals surface area contributed by atoms with Crippen molar-refractivity contribution in [1.29, 1.82) is 0 Å². The number of hydrogen-bond acceptors (Lipinski definition) is 6. The third-order valence-electron chi connectivity index (χ3n) is 3.01. The topological polar surface area (TPSA) is 107 Å². The van der Waals surface area contributed by atoms with Gasteiger partial charge in [0, 0.05) is 30.3 Å². The van der Waals surface area contributed by atoms with Crippen molar-refractivity contribution in [1.82, 2.24) is 10.5 Å². The van der Waals surface area contributed by atoms with Gasteiger partial charge in [0.15, 0.2) is 0 Å². The fourth-order valence-corrected chi connectivity index (χ4v) is 1.80. The SMILES string of the molecule is COC(=O)CCCNC(=O)c1cc(-c2ccc(N)cc2)no1. The van der Waals surface area contributed by atoms with Crippen LogP contribution in [0, 0.1) is 0 Å². The maximum Gasteiger partial charge on any atom is 0.305 e. The molecule has 1 amide bonds. The lowest BCUT2D eigenvalue weighted by Gasteiger charge is -2.01. The number of methoxy groups -OCH3 is 1. The van der Waals surface area contributed by atoms with Crippen LogP contribution >= 0.6 is 0 Å². The van der Waals surface area contributed by atoms with Crippen molar-refractivity contribution in [2.75, 3.05) is 19.4 Å². The van der Waals surface area contributed by atoms with E-state index in [-0.39, 0.29) is 24.1 Å². The number of nitrogens with two attached hydrogens (primary N) is 1. The summed E-state index contributed by atoms with van der Waals surface area (Å²) < 4.78 is 9.54. The summed E-state index contributed by atoms with van der Waals surface area (Å²) >= 11 is 0. The number of anilines is 1. The Kier molecular flexibility index (Phi) is 5.13. The monoisotopic (exact) mass is 303 g/mol. The summed E-state index contributed by atoms with van der Waals surface area (Å²) in [5.41, 5.74) is 7.63. The van der Waals surface area contributed by atoms with Crippen molar-refractivity contribution >= 4 is 17.6 Å². The Morgan fingerprint density at radius 1 is 1.32 bits per heavy atom. The molecule has 0 aliphatic rings. The van der Waals surface area contributed by atoms with E-state index in [1.165, 1.54) is 7.11 Å². The standard InChI is InChI=1S/C15H17N3O4/c1-21-14(19)3-2-8-17-15(20)13-9-12(18-22-13)10-4-6-11(16)7-5-10/h4-7,9H,2-3,8,16H2,1H3,(H,17,20). The van der Waals surface area contributed by atoms with Crippen molar-refractivity contribution in [3.63, 3.8) is 0 Å². The minimum Gasteiger partial charge on any atom is -0.469 e. The van der Waals surface area contributed by atoms with Crippen LogP contribution in [-0.2, 0) is 9.53 Å². The van der Waals surface area contributed by atoms with E-state index in [0.717, 1.165) is 5.56 Å². The first-order chi connectivity index (χ1) is 10.6. The summed E-state index contributed by atoms with van der Waals surface area (Å²) in [6.07, 6.45) is 0.751. The summed E-state index contributed by atoms with van der Waals surface area (Å²) in [7, 11) is 1.33. The number of rotatable bonds is 6. The van der Waals surface area contributed by atoms with E-state index in [0.29, 0.717) is 24.3 Å². The molecule has 1 aromatic carbocycles. The quantitative estimate of drug-likeness (QED) is 0.477. The fraction of sp³-hybridized carbons (Fsp3) is 0.267. The normalized spacial score (nSPS) is 10.2. The van der Waals surface area contributed by atoms with Crippen LogP contribution < -0.4 is 11.1 Å². The van der Waals surface area contributed by atoms with Crippen molar-refractivity contribution in [2.24, 2.45) is 0 Å². The van der Waals surface area contributed by atoms with E-state index in [4.69, 9.17) is 10.3 Å². The minimum absolute atomic E-state index is 0.116. The molecule has 0 aliphatic heterocycles. The van der Waals surface area contributed by atoms with Crippen LogP contribution in [0.3, 0.4) is 0 Å². The van der Waals surface area contributed by atoms with Crippen LogP contribution in [0.1, 0.15) is 23.4 Å². The van der Waals surface area contributed by atoms with Gasteiger partial charge in [-0.05, 0) is 18.6 Å². The van der Waals surface area contributed by atoms with Gasteiger partial charge in [-0.25, -0.2) is 0 Å². The first-order valence-corrected chi connectivity index (χ1v) is 6.78. The molecule has 7 heteroatoms. The van der Waals surface area contributed by atoms with Crippen LogP contribution in [0.25, 0.3) is 11.3 Å². The summed E-state index contributed by atoms with van der Waals surface area (Å²) in [5, 5.41) is 6.51. The van der Waals surface area contributed by atoms with E-state index in [1.54, 1.807) is 30.3 Å². The lowest BCUT2D eigenvalue weighted by atomic mass is 10.1. The average molecular weight is 303 g/mol. The van der Waals surface area contributed by atoms with Gasteiger partial charge in [-0.15, -0.1) is 0 Å². The van der Waals surface area contributed by atoms with E-state index in [2.05, 4.69) is 15.2 Å². The molecule has 0 bridgehead atoms. The lowest BCUT2D eigenvalue weighted by molar-refractivity contribution is -0.140. The molecule has 2 rings (SSSR count). The number of carbonyl (C=O) groups excluding carboxylic acids is 2. The molecule has 22 heavy (non-hydrogen) atoms. The van der Waals surface area contributed by atoms with Crippen LogP contribution in [0.5, 0.6) is 0 Å². The van der Waals surface area contributed by atoms with Crippen LogP contribution in [0.15, 0.2) is 34.9 Å². The summed E-state index contributed by atoms with van der Waals surface area (Å²) in [4.78, 5) is 22.8. The molecular weight excluding hydrogens is 286 g/mol. The number of esters is 1. The van der Waals surface area contributed by atoms with Gasteiger partial charge in [-0.2, -0.15) is 0 Å². The van der Waals surface area contributed by atoms with Crippen LogP contribution in [0.2, 0.25) is 0 Å². The molecule has 0 unspecified atom stereocenters. The number of nitrogens with one attached hydrogen (secondary N) is 1. The number of nitrogen functional groups attached to an aromatic ring is 1. The van der Waals surface area contributed by atoms with Crippen molar-refractivity contribution in [3.8, 4) is 11.3 Å². The van der Waals surface area contributed by atoms with E-state index in [9.17, 15) is 9.59 Å². The number of hydrogen-bond donors (Lipinski definition) is 2. The second-order valence-electron chi connectivity index (χ2n) is 4.63. The Bertz CT molecular complexity index is 649. The molecule has 0 saturated carbocycles. The summed E-state index contributed by atoms with van der Waals surface area (Å²) in [6.45, 7) is 0.353. The first-order valence-electron chi connectivity index (χ1n) is 6.78. The van der Waals surface area contributed by atoms with E-state index in [1.807, 2.05) is 0 Å². The molecule has 0 spiro atoms. The van der Waals surface area contributed by atoms with Crippen molar-refractivity contribution in [2.45, 2.75) is 12.8 Å². The smallest absolute Gasteiger partial charge is 0.305 e. The molecular formula is C15H17N3O4. The van der Waals surface area contributed by atoms with Crippen molar-refractivity contribution in [3.05, 3.63) is 36.1 Å². The zero-order valence-electron chi connectivity index (χ0n) is 12.2. The predicted molar refractivity (Wildman–Crippen MR) is 79.9 cm³/mol. The summed E-state index contributed by atoms with van der Waals surface area (Å²) in [6, 6.07) is 8.64. The van der Waals surface area contributed by atoms with Gasteiger partial charge in [-0.3, -0.25) is 9.59 Å². The molecule has 2 aromatic rings. The van der Waals surface area contributed by atoms with Gasteiger partial charge in [-0.1, -0.05) is 17.3 Å². The molecule has 7 nitrogen and oxygen atoms in total.